The fraction of sp³-hybridized carbons (Fsp3) is 0.812. The lowest BCUT2D eigenvalue weighted by Crippen LogP contribution is -2.46. The predicted molar refractivity (Wildman–Crippen MR) is 74.7 cm³/mol. The summed E-state index contributed by atoms with van der Waals surface area (Å²) in [4.78, 5) is 0. The molecule has 0 unspecified atom stereocenters. The highest BCUT2D eigenvalue weighted by Gasteiger charge is 2.50. The summed E-state index contributed by atoms with van der Waals surface area (Å²) in [6.45, 7) is 0. The molecule has 0 amide bonds. The van der Waals surface area contributed by atoms with Gasteiger partial charge in [-0.15, -0.1) is 0 Å². The third-order valence-electron chi connectivity index (χ3n) is 6.45. The molecule has 19 heavy (non-hydrogen) atoms. The van der Waals surface area contributed by atoms with E-state index in [0.29, 0.717) is 6.04 Å². The van der Waals surface area contributed by atoms with Crippen LogP contribution in [0.1, 0.15) is 55.8 Å². The first-order chi connectivity index (χ1) is 9.29. The second-order valence-corrected chi connectivity index (χ2v) is 7.53. The third-order valence-corrected chi connectivity index (χ3v) is 6.45. The highest BCUT2D eigenvalue weighted by molar-refractivity contribution is 5.45. The number of hydrogen-bond donors (Lipinski definition) is 1. The third kappa shape index (κ3) is 1.36. The number of nitrogen functional groups attached to an aromatic ring is 1. The minimum atomic E-state index is 0.692. The van der Waals surface area contributed by atoms with Crippen LogP contribution in [0.4, 0.5) is 5.82 Å². The molecule has 0 atom stereocenters. The standard InChI is InChI=1S/C16H23N3/c17-16-13-2-1-3-14(13)19(18-16)15-11-5-9-4-10(7-11)8-12(15)6-9/h9-12,15H,1-8H2,(H2,17,18). The van der Waals surface area contributed by atoms with Crippen LogP contribution in [0, 0.1) is 23.7 Å². The number of anilines is 1. The van der Waals surface area contributed by atoms with Crippen molar-refractivity contribution >= 4 is 5.82 Å². The topological polar surface area (TPSA) is 43.8 Å². The van der Waals surface area contributed by atoms with Gasteiger partial charge in [-0.1, -0.05) is 0 Å². The summed E-state index contributed by atoms with van der Waals surface area (Å²) >= 11 is 0. The largest absolute Gasteiger partial charge is 0.382 e. The molecule has 3 heteroatoms. The summed E-state index contributed by atoms with van der Waals surface area (Å²) in [6, 6.07) is 0.692. The number of hydrogen-bond acceptors (Lipinski definition) is 2. The summed E-state index contributed by atoms with van der Waals surface area (Å²) in [6.07, 6.45) is 11.0. The van der Waals surface area contributed by atoms with Crippen molar-refractivity contribution in [3.8, 4) is 0 Å². The van der Waals surface area contributed by atoms with E-state index in [0.717, 1.165) is 35.9 Å². The van der Waals surface area contributed by atoms with Gasteiger partial charge in [-0.2, -0.15) is 5.10 Å². The van der Waals surface area contributed by atoms with Crippen molar-refractivity contribution in [1.82, 2.24) is 9.78 Å². The van der Waals surface area contributed by atoms with Gasteiger partial charge in [0.25, 0.3) is 0 Å². The molecule has 6 rings (SSSR count). The van der Waals surface area contributed by atoms with E-state index in [1.807, 2.05) is 0 Å². The average molecular weight is 257 g/mol. The maximum absolute atomic E-state index is 6.15. The molecule has 1 aromatic heterocycles. The fourth-order valence-electron chi connectivity index (χ4n) is 6.04. The maximum Gasteiger partial charge on any atom is 0.148 e. The molecule has 4 fully saturated rings. The second-order valence-electron chi connectivity index (χ2n) is 7.53. The molecule has 0 aliphatic heterocycles. The van der Waals surface area contributed by atoms with Crippen molar-refractivity contribution in [1.29, 1.82) is 0 Å². The van der Waals surface area contributed by atoms with Crippen molar-refractivity contribution in [2.45, 2.75) is 57.4 Å². The lowest BCUT2D eigenvalue weighted by Gasteiger charge is -2.54. The van der Waals surface area contributed by atoms with E-state index in [2.05, 4.69) is 4.68 Å². The normalized spacial score (nSPS) is 42.8. The quantitative estimate of drug-likeness (QED) is 0.840. The van der Waals surface area contributed by atoms with Crippen LogP contribution in [-0.2, 0) is 12.8 Å². The first kappa shape index (κ1) is 10.8. The van der Waals surface area contributed by atoms with E-state index in [1.54, 1.807) is 0 Å². The lowest BCUT2D eigenvalue weighted by atomic mass is 9.54. The van der Waals surface area contributed by atoms with Gasteiger partial charge in [0.1, 0.15) is 5.82 Å². The van der Waals surface area contributed by atoms with E-state index in [1.165, 1.54) is 56.2 Å². The summed E-state index contributed by atoms with van der Waals surface area (Å²) in [5.41, 5.74) is 9.03. The van der Waals surface area contributed by atoms with Crippen LogP contribution in [-0.4, -0.2) is 9.78 Å². The molecule has 0 saturated heterocycles. The summed E-state index contributed by atoms with van der Waals surface area (Å²) < 4.78 is 2.41. The van der Waals surface area contributed by atoms with Crippen molar-refractivity contribution in [3.05, 3.63) is 11.3 Å². The van der Waals surface area contributed by atoms with Crippen molar-refractivity contribution in [3.63, 3.8) is 0 Å². The maximum atomic E-state index is 6.15. The summed E-state index contributed by atoms with van der Waals surface area (Å²) in [7, 11) is 0. The Morgan fingerprint density at radius 1 is 0.947 bits per heavy atom. The van der Waals surface area contributed by atoms with Crippen LogP contribution in [0.5, 0.6) is 0 Å². The van der Waals surface area contributed by atoms with Gasteiger partial charge in [0.2, 0.25) is 0 Å². The molecule has 1 aromatic rings. The Morgan fingerprint density at radius 3 is 2.32 bits per heavy atom. The van der Waals surface area contributed by atoms with Gasteiger partial charge >= 0.3 is 0 Å². The molecule has 0 aromatic carbocycles. The van der Waals surface area contributed by atoms with E-state index in [-0.39, 0.29) is 0 Å². The molecular weight excluding hydrogens is 234 g/mol. The zero-order valence-corrected chi connectivity index (χ0v) is 11.5. The van der Waals surface area contributed by atoms with E-state index >= 15 is 0 Å². The number of fused-ring (bicyclic) bond motifs is 1. The average Bonchev–Trinajstić information content (AvgIpc) is 2.94. The number of rotatable bonds is 1. The zero-order valence-electron chi connectivity index (χ0n) is 11.5. The monoisotopic (exact) mass is 257 g/mol. The van der Waals surface area contributed by atoms with Gasteiger partial charge in [-0.05, 0) is 75.0 Å². The molecule has 4 bridgehead atoms. The molecule has 4 saturated carbocycles. The molecule has 5 aliphatic carbocycles. The molecule has 5 aliphatic rings. The van der Waals surface area contributed by atoms with Gasteiger partial charge < -0.3 is 5.73 Å². The highest BCUT2D eigenvalue weighted by Crippen LogP contribution is 2.58. The summed E-state index contributed by atoms with van der Waals surface area (Å²) in [5.74, 6) is 4.72. The Hall–Kier alpha value is -0.990. The molecule has 102 valence electrons. The second kappa shape index (κ2) is 3.56. The molecule has 1 heterocycles. The Labute approximate surface area is 114 Å². The van der Waals surface area contributed by atoms with Gasteiger partial charge in [0.15, 0.2) is 0 Å². The van der Waals surface area contributed by atoms with Gasteiger partial charge in [-0.3, -0.25) is 4.68 Å². The minimum Gasteiger partial charge on any atom is -0.382 e. The Bertz CT molecular complexity index is 502. The molecule has 2 N–H and O–H groups in total. The number of nitrogens with two attached hydrogens (primary N) is 1. The van der Waals surface area contributed by atoms with Crippen molar-refractivity contribution in [2.24, 2.45) is 23.7 Å². The molecular formula is C16H23N3. The Morgan fingerprint density at radius 2 is 1.63 bits per heavy atom. The lowest BCUT2D eigenvalue weighted by molar-refractivity contribution is -0.0344. The van der Waals surface area contributed by atoms with Crippen LogP contribution in [0.3, 0.4) is 0 Å². The van der Waals surface area contributed by atoms with Crippen LogP contribution < -0.4 is 5.73 Å². The van der Waals surface area contributed by atoms with Crippen LogP contribution in [0.15, 0.2) is 0 Å². The molecule has 0 spiro atoms. The highest BCUT2D eigenvalue weighted by atomic mass is 15.3. The Kier molecular flexibility index (Phi) is 2.01. The van der Waals surface area contributed by atoms with Crippen molar-refractivity contribution in [2.75, 3.05) is 5.73 Å². The minimum absolute atomic E-state index is 0.692. The SMILES string of the molecule is Nc1nn(C2C3CC4CC(C3)CC2C4)c2c1CCC2. The van der Waals surface area contributed by atoms with Gasteiger partial charge in [-0.25, -0.2) is 0 Å². The zero-order chi connectivity index (χ0) is 12.6. The van der Waals surface area contributed by atoms with E-state index in [4.69, 9.17) is 10.8 Å². The fourth-order valence-corrected chi connectivity index (χ4v) is 6.04. The first-order valence-electron chi connectivity index (χ1n) is 8.15. The van der Waals surface area contributed by atoms with Crippen LogP contribution >= 0.6 is 0 Å². The van der Waals surface area contributed by atoms with Gasteiger partial charge in [0.05, 0.1) is 6.04 Å². The van der Waals surface area contributed by atoms with E-state index < -0.39 is 0 Å². The number of nitrogens with zero attached hydrogens (tertiary/aromatic N) is 2. The van der Waals surface area contributed by atoms with Gasteiger partial charge in [0, 0.05) is 11.3 Å². The summed E-state index contributed by atoms with van der Waals surface area (Å²) in [5, 5.41) is 4.77. The predicted octanol–water partition coefficient (Wildman–Crippen LogP) is 2.95. The Balaban J connectivity index is 1.58. The van der Waals surface area contributed by atoms with Crippen LogP contribution in [0.25, 0.3) is 0 Å². The molecule has 3 nitrogen and oxygen atoms in total. The van der Waals surface area contributed by atoms with Crippen LogP contribution in [0.2, 0.25) is 0 Å². The van der Waals surface area contributed by atoms with Crippen molar-refractivity contribution < 1.29 is 0 Å². The first-order valence-corrected chi connectivity index (χ1v) is 8.15. The molecule has 0 radical (unpaired) electrons. The number of aromatic nitrogens is 2. The smallest absolute Gasteiger partial charge is 0.148 e. The van der Waals surface area contributed by atoms with E-state index in [9.17, 15) is 0 Å².